The van der Waals surface area contributed by atoms with Gasteiger partial charge >= 0.3 is 0 Å². The molecule has 2 saturated heterocycles. The van der Waals surface area contributed by atoms with E-state index in [0.717, 1.165) is 43.9 Å². The fourth-order valence-corrected chi connectivity index (χ4v) is 3.56. The van der Waals surface area contributed by atoms with Gasteiger partial charge in [0.25, 0.3) is 6.43 Å². The Morgan fingerprint density at radius 1 is 1.29 bits per heavy atom. The summed E-state index contributed by atoms with van der Waals surface area (Å²) in [6.07, 6.45) is 1.70. The van der Waals surface area contributed by atoms with E-state index in [1.54, 1.807) is 0 Å². The average Bonchev–Trinajstić information content (AvgIpc) is 3.30. The van der Waals surface area contributed by atoms with Crippen LogP contribution in [0.4, 0.5) is 8.78 Å². The third-order valence-corrected chi connectivity index (χ3v) is 5.41. The van der Waals surface area contributed by atoms with Gasteiger partial charge in [0.05, 0.1) is 12.6 Å². The third-order valence-electron chi connectivity index (χ3n) is 5.41. The predicted octanol–water partition coefficient (Wildman–Crippen LogP) is 1.07. The summed E-state index contributed by atoms with van der Waals surface area (Å²) < 4.78 is 32.7. The number of aryl methyl sites for hydroxylation is 1. The first-order chi connectivity index (χ1) is 13.5. The molecule has 0 aliphatic carbocycles. The van der Waals surface area contributed by atoms with Crippen molar-refractivity contribution in [2.24, 2.45) is 12.0 Å². The minimum absolute atomic E-state index is 0.142. The molecule has 158 valence electrons. The minimum atomic E-state index is -2.27. The lowest BCUT2D eigenvalue weighted by Gasteiger charge is -2.33. The number of hydrogen-bond acceptors (Lipinski definition) is 5. The molecule has 0 saturated carbocycles. The molecule has 0 bridgehead atoms. The van der Waals surface area contributed by atoms with Crippen LogP contribution in [0.15, 0.2) is 4.99 Å². The molecule has 1 unspecified atom stereocenters. The van der Waals surface area contributed by atoms with Crippen LogP contribution < -0.4 is 10.6 Å². The van der Waals surface area contributed by atoms with Crippen LogP contribution in [0.1, 0.15) is 37.3 Å². The van der Waals surface area contributed by atoms with Crippen LogP contribution in [-0.4, -0.2) is 77.0 Å². The Morgan fingerprint density at radius 2 is 2.07 bits per heavy atom. The largest absolute Gasteiger partial charge is 0.376 e. The van der Waals surface area contributed by atoms with E-state index in [2.05, 4.69) is 25.8 Å². The number of piperidine rings is 1. The fourth-order valence-electron chi connectivity index (χ4n) is 3.56. The van der Waals surface area contributed by atoms with Crippen LogP contribution in [0.2, 0.25) is 0 Å². The van der Waals surface area contributed by atoms with Gasteiger partial charge in [-0.1, -0.05) is 0 Å². The van der Waals surface area contributed by atoms with Gasteiger partial charge < -0.3 is 19.9 Å². The summed E-state index contributed by atoms with van der Waals surface area (Å²) in [7, 11) is 1.92. The Bertz CT molecular complexity index is 638. The molecule has 0 radical (unpaired) electrons. The van der Waals surface area contributed by atoms with Crippen molar-refractivity contribution < 1.29 is 13.5 Å². The first-order valence-electron chi connectivity index (χ1n) is 10.0. The highest BCUT2D eigenvalue weighted by molar-refractivity contribution is 5.80. The normalized spacial score (nSPS) is 22.2. The predicted molar refractivity (Wildman–Crippen MR) is 102 cm³/mol. The number of nitrogens with one attached hydrogen (secondary N) is 2. The number of aromatic nitrogens is 3. The van der Waals surface area contributed by atoms with Crippen LogP contribution in [0.5, 0.6) is 0 Å². The van der Waals surface area contributed by atoms with Crippen molar-refractivity contribution in [1.29, 1.82) is 0 Å². The van der Waals surface area contributed by atoms with Crippen LogP contribution in [-0.2, 0) is 18.3 Å². The summed E-state index contributed by atoms with van der Waals surface area (Å²) in [5.41, 5.74) is 0. The molecule has 2 aliphatic heterocycles. The average molecular weight is 399 g/mol. The molecule has 1 aromatic rings. The lowest BCUT2D eigenvalue weighted by Crippen LogP contribution is -2.50. The number of rotatable bonds is 7. The molecule has 10 heteroatoms. The van der Waals surface area contributed by atoms with Crippen LogP contribution >= 0.6 is 0 Å². The second-order valence-electron chi connectivity index (χ2n) is 7.51. The fraction of sp³-hybridized carbons (Fsp3) is 0.833. The van der Waals surface area contributed by atoms with Crippen molar-refractivity contribution in [3.05, 3.63) is 11.6 Å². The standard InChI is InChI=1S/C18H31F2N7O/c1-13-24-25-17(26(13)2)11-22-18(21-10-15-4-3-9-28-15)23-14-5-7-27(8-6-14)12-16(19)20/h14-16H,3-12H2,1-2H3,(H2,21,22,23). The summed E-state index contributed by atoms with van der Waals surface area (Å²) in [5.74, 6) is 2.35. The van der Waals surface area contributed by atoms with Gasteiger partial charge in [0, 0.05) is 39.3 Å². The summed E-state index contributed by atoms with van der Waals surface area (Å²) in [4.78, 5) is 6.49. The first kappa shape index (κ1) is 20.9. The maximum Gasteiger partial charge on any atom is 0.251 e. The Labute approximate surface area is 164 Å². The molecular weight excluding hydrogens is 368 g/mol. The van der Waals surface area contributed by atoms with Gasteiger partial charge in [-0.05, 0) is 32.6 Å². The maximum atomic E-state index is 12.6. The molecule has 1 atom stereocenters. The van der Waals surface area contributed by atoms with Gasteiger partial charge in [-0.15, -0.1) is 10.2 Å². The second kappa shape index (κ2) is 10.1. The van der Waals surface area contributed by atoms with Crippen LogP contribution in [0, 0.1) is 6.92 Å². The second-order valence-corrected chi connectivity index (χ2v) is 7.51. The molecular formula is C18H31F2N7O. The topological polar surface area (TPSA) is 79.6 Å². The van der Waals surface area contributed by atoms with E-state index in [1.165, 1.54) is 0 Å². The number of ether oxygens (including phenoxy) is 1. The van der Waals surface area contributed by atoms with Crippen molar-refractivity contribution in [1.82, 2.24) is 30.3 Å². The first-order valence-corrected chi connectivity index (χ1v) is 10.0. The lowest BCUT2D eigenvalue weighted by atomic mass is 10.1. The van der Waals surface area contributed by atoms with Crippen LogP contribution in [0.3, 0.4) is 0 Å². The van der Waals surface area contributed by atoms with Crippen molar-refractivity contribution in [2.45, 2.75) is 57.7 Å². The Morgan fingerprint density at radius 3 is 2.68 bits per heavy atom. The minimum Gasteiger partial charge on any atom is -0.376 e. The number of nitrogens with zero attached hydrogens (tertiary/aromatic N) is 5. The Kier molecular flexibility index (Phi) is 7.55. The SMILES string of the molecule is Cc1nnc(CN=C(NCC2CCCO2)NC2CCN(CC(F)F)CC2)n1C. The van der Waals surface area contributed by atoms with Gasteiger partial charge in [-0.2, -0.15) is 0 Å². The molecule has 1 aromatic heterocycles. The molecule has 8 nitrogen and oxygen atoms in total. The molecule has 0 amide bonds. The molecule has 2 N–H and O–H groups in total. The van der Waals surface area contributed by atoms with E-state index in [9.17, 15) is 8.78 Å². The van der Waals surface area contributed by atoms with Gasteiger partial charge in [0.1, 0.15) is 12.4 Å². The summed E-state index contributed by atoms with van der Waals surface area (Å²) >= 11 is 0. The molecule has 28 heavy (non-hydrogen) atoms. The van der Waals surface area contributed by atoms with E-state index in [0.29, 0.717) is 32.1 Å². The number of alkyl halides is 2. The van der Waals surface area contributed by atoms with E-state index in [-0.39, 0.29) is 18.7 Å². The Hall–Kier alpha value is -1.81. The van der Waals surface area contributed by atoms with Gasteiger partial charge in [0.15, 0.2) is 11.8 Å². The molecule has 2 aliphatic rings. The number of likely N-dealkylation sites (tertiary alicyclic amines) is 1. The highest BCUT2D eigenvalue weighted by Gasteiger charge is 2.23. The van der Waals surface area contributed by atoms with Gasteiger partial charge in [-0.25, -0.2) is 13.8 Å². The summed E-state index contributed by atoms with van der Waals surface area (Å²) in [6.45, 7) is 5.04. The zero-order valence-corrected chi connectivity index (χ0v) is 16.7. The van der Waals surface area contributed by atoms with Gasteiger partial charge in [0.2, 0.25) is 0 Å². The molecule has 2 fully saturated rings. The Balaban J connectivity index is 1.56. The number of hydrogen-bond donors (Lipinski definition) is 2. The monoisotopic (exact) mass is 399 g/mol. The van der Waals surface area contributed by atoms with E-state index >= 15 is 0 Å². The number of halogens is 2. The lowest BCUT2D eigenvalue weighted by molar-refractivity contribution is 0.0744. The number of guanidine groups is 1. The number of aliphatic imine (C=N–C) groups is 1. The van der Waals surface area contributed by atoms with Crippen molar-refractivity contribution in [3.8, 4) is 0 Å². The van der Waals surface area contributed by atoms with Crippen molar-refractivity contribution in [2.75, 3.05) is 32.8 Å². The van der Waals surface area contributed by atoms with Crippen LogP contribution in [0.25, 0.3) is 0 Å². The molecule has 3 rings (SSSR count). The summed E-state index contributed by atoms with van der Waals surface area (Å²) in [5, 5.41) is 15.1. The quantitative estimate of drug-likeness (QED) is 0.527. The third kappa shape index (κ3) is 6.10. The van der Waals surface area contributed by atoms with E-state index in [4.69, 9.17) is 4.74 Å². The zero-order valence-electron chi connectivity index (χ0n) is 16.7. The van der Waals surface area contributed by atoms with Gasteiger partial charge in [-0.3, -0.25) is 4.90 Å². The van der Waals surface area contributed by atoms with Crippen molar-refractivity contribution >= 4 is 5.96 Å². The maximum absolute atomic E-state index is 12.6. The summed E-state index contributed by atoms with van der Waals surface area (Å²) in [6, 6.07) is 0.214. The van der Waals surface area contributed by atoms with E-state index in [1.807, 2.05) is 23.4 Å². The van der Waals surface area contributed by atoms with E-state index < -0.39 is 6.43 Å². The molecule has 3 heterocycles. The zero-order chi connectivity index (χ0) is 19.9. The molecule has 0 aromatic carbocycles. The molecule has 0 spiro atoms. The highest BCUT2D eigenvalue weighted by Crippen LogP contribution is 2.13. The highest BCUT2D eigenvalue weighted by atomic mass is 19.3. The van der Waals surface area contributed by atoms with Crippen molar-refractivity contribution in [3.63, 3.8) is 0 Å². The smallest absolute Gasteiger partial charge is 0.251 e.